The van der Waals surface area contributed by atoms with Crippen molar-refractivity contribution in [3.8, 4) is 0 Å². The standard InChI is InChI=1S/C10H20O2S/c1-4-6-7-8-9(11)10(5-2)13(3)12/h10H,4-8H2,1-3H3. The highest BCUT2D eigenvalue weighted by Crippen LogP contribution is 2.08. The molecule has 2 atom stereocenters. The first kappa shape index (κ1) is 12.8. The van der Waals surface area contributed by atoms with Crippen LogP contribution >= 0.6 is 0 Å². The minimum atomic E-state index is -0.988. The van der Waals surface area contributed by atoms with Gasteiger partial charge in [-0.3, -0.25) is 9.00 Å². The Morgan fingerprint density at radius 2 is 1.92 bits per heavy atom. The van der Waals surface area contributed by atoms with E-state index in [0.29, 0.717) is 12.8 Å². The van der Waals surface area contributed by atoms with Crippen LogP contribution in [0.4, 0.5) is 0 Å². The van der Waals surface area contributed by atoms with Gasteiger partial charge in [-0.1, -0.05) is 26.7 Å². The fourth-order valence-electron chi connectivity index (χ4n) is 1.36. The SMILES string of the molecule is CCCCCC(=O)C(CC)S(C)=O. The second-order valence-corrected chi connectivity index (χ2v) is 4.89. The maximum Gasteiger partial charge on any atom is 0.148 e. The molecule has 0 spiro atoms. The van der Waals surface area contributed by atoms with Crippen LogP contribution < -0.4 is 0 Å². The molecule has 2 nitrogen and oxygen atoms in total. The van der Waals surface area contributed by atoms with Crippen molar-refractivity contribution in [2.75, 3.05) is 6.26 Å². The number of rotatable bonds is 7. The van der Waals surface area contributed by atoms with Crippen molar-refractivity contribution in [1.82, 2.24) is 0 Å². The largest absolute Gasteiger partial charge is 0.298 e. The van der Waals surface area contributed by atoms with Crippen molar-refractivity contribution in [2.45, 2.75) is 51.2 Å². The molecule has 0 N–H and O–H groups in total. The van der Waals surface area contributed by atoms with Crippen molar-refractivity contribution < 1.29 is 9.00 Å². The second-order valence-electron chi connectivity index (χ2n) is 3.32. The zero-order chi connectivity index (χ0) is 10.3. The monoisotopic (exact) mass is 204 g/mol. The van der Waals surface area contributed by atoms with Gasteiger partial charge >= 0.3 is 0 Å². The summed E-state index contributed by atoms with van der Waals surface area (Å²) in [5, 5.41) is -0.225. The Hall–Kier alpha value is -0.180. The summed E-state index contributed by atoms with van der Waals surface area (Å²) >= 11 is 0. The summed E-state index contributed by atoms with van der Waals surface area (Å²) in [5.41, 5.74) is 0. The first-order chi connectivity index (χ1) is 6.13. The average molecular weight is 204 g/mol. The number of hydrogen-bond donors (Lipinski definition) is 0. The maximum atomic E-state index is 11.5. The number of hydrogen-bond acceptors (Lipinski definition) is 2. The zero-order valence-corrected chi connectivity index (χ0v) is 9.65. The highest BCUT2D eigenvalue weighted by molar-refractivity contribution is 7.85. The molecular formula is C10H20O2S. The summed E-state index contributed by atoms with van der Waals surface area (Å²) < 4.78 is 11.1. The van der Waals surface area contributed by atoms with Crippen LogP contribution in [-0.2, 0) is 15.6 Å². The van der Waals surface area contributed by atoms with E-state index in [0.717, 1.165) is 19.3 Å². The van der Waals surface area contributed by atoms with E-state index >= 15 is 0 Å². The molecule has 0 aromatic heterocycles. The van der Waals surface area contributed by atoms with Gasteiger partial charge in [-0.25, -0.2) is 0 Å². The molecule has 0 saturated carbocycles. The molecule has 2 unspecified atom stereocenters. The fourth-order valence-corrected chi connectivity index (χ4v) is 2.32. The van der Waals surface area contributed by atoms with Crippen molar-refractivity contribution in [3.05, 3.63) is 0 Å². The maximum absolute atomic E-state index is 11.5. The van der Waals surface area contributed by atoms with Gasteiger partial charge in [0.1, 0.15) is 5.78 Å². The zero-order valence-electron chi connectivity index (χ0n) is 8.84. The Bertz CT molecular complexity index is 178. The molecule has 13 heavy (non-hydrogen) atoms. The van der Waals surface area contributed by atoms with E-state index in [1.165, 1.54) is 0 Å². The van der Waals surface area contributed by atoms with E-state index in [-0.39, 0.29) is 11.0 Å². The summed E-state index contributed by atoms with van der Waals surface area (Å²) in [4.78, 5) is 11.5. The number of carbonyl (C=O) groups is 1. The van der Waals surface area contributed by atoms with Gasteiger partial charge in [0.2, 0.25) is 0 Å². The Balaban J connectivity index is 3.85. The van der Waals surface area contributed by atoms with Crippen LogP contribution in [0.3, 0.4) is 0 Å². The lowest BCUT2D eigenvalue weighted by Crippen LogP contribution is -2.24. The fraction of sp³-hybridized carbons (Fsp3) is 0.900. The molecule has 0 aliphatic carbocycles. The van der Waals surface area contributed by atoms with Crippen LogP contribution in [0.25, 0.3) is 0 Å². The molecule has 78 valence electrons. The normalized spacial score (nSPS) is 15.3. The molecule has 0 fully saturated rings. The summed E-state index contributed by atoms with van der Waals surface area (Å²) in [6.07, 6.45) is 6.09. The highest BCUT2D eigenvalue weighted by atomic mass is 32.2. The molecule has 0 aliphatic heterocycles. The third-order valence-electron chi connectivity index (χ3n) is 2.16. The average Bonchev–Trinajstić information content (AvgIpc) is 2.05. The van der Waals surface area contributed by atoms with E-state index in [2.05, 4.69) is 6.92 Å². The van der Waals surface area contributed by atoms with Crippen molar-refractivity contribution >= 4 is 16.6 Å². The van der Waals surface area contributed by atoms with E-state index in [9.17, 15) is 9.00 Å². The first-order valence-corrected chi connectivity index (χ1v) is 6.60. The van der Waals surface area contributed by atoms with E-state index < -0.39 is 10.8 Å². The van der Waals surface area contributed by atoms with Crippen LogP contribution in [0.1, 0.15) is 46.0 Å². The lowest BCUT2D eigenvalue weighted by atomic mass is 10.1. The van der Waals surface area contributed by atoms with Gasteiger partial charge in [0, 0.05) is 23.5 Å². The summed E-state index contributed by atoms with van der Waals surface area (Å²) in [7, 11) is -0.988. The van der Waals surface area contributed by atoms with Crippen molar-refractivity contribution in [2.24, 2.45) is 0 Å². The van der Waals surface area contributed by atoms with Gasteiger partial charge in [0.05, 0.1) is 5.25 Å². The Morgan fingerprint density at radius 3 is 2.31 bits per heavy atom. The van der Waals surface area contributed by atoms with Crippen LogP contribution in [0, 0.1) is 0 Å². The third kappa shape index (κ3) is 5.19. The molecule has 0 rings (SSSR count). The summed E-state index contributed by atoms with van der Waals surface area (Å²) in [6, 6.07) is 0. The Morgan fingerprint density at radius 1 is 1.31 bits per heavy atom. The predicted molar refractivity (Wildman–Crippen MR) is 57.3 cm³/mol. The van der Waals surface area contributed by atoms with Gasteiger partial charge in [-0.2, -0.15) is 0 Å². The van der Waals surface area contributed by atoms with E-state index in [4.69, 9.17) is 0 Å². The number of ketones is 1. The van der Waals surface area contributed by atoms with Gasteiger partial charge in [0.15, 0.2) is 0 Å². The van der Waals surface area contributed by atoms with Crippen LogP contribution in [0.2, 0.25) is 0 Å². The van der Waals surface area contributed by atoms with E-state index in [1.54, 1.807) is 6.26 Å². The van der Waals surface area contributed by atoms with Gasteiger partial charge in [0.25, 0.3) is 0 Å². The Kier molecular flexibility index (Phi) is 7.14. The van der Waals surface area contributed by atoms with Crippen LogP contribution in [0.15, 0.2) is 0 Å². The minimum Gasteiger partial charge on any atom is -0.298 e. The lowest BCUT2D eigenvalue weighted by molar-refractivity contribution is -0.118. The van der Waals surface area contributed by atoms with Gasteiger partial charge in [-0.05, 0) is 12.8 Å². The molecule has 0 aromatic rings. The number of unbranched alkanes of at least 4 members (excludes halogenated alkanes) is 2. The molecule has 3 heteroatoms. The lowest BCUT2D eigenvalue weighted by Gasteiger charge is -2.09. The van der Waals surface area contributed by atoms with Crippen LogP contribution in [0.5, 0.6) is 0 Å². The minimum absolute atomic E-state index is 0.178. The molecule has 0 aromatic carbocycles. The Labute approximate surface area is 83.6 Å². The van der Waals surface area contributed by atoms with Crippen molar-refractivity contribution in [1.29, 1.82) is 0 Å². The second kappa shape index (κ2) is 7.25. The smallest absolute Gasteiger partial charge is 0.148 e. The van der Waals surface area contributed by atoms with Crippen LogP contribution in [-0.4, -0.2) is 21.5 Å². The molecule has 0 radical (unpaired) electrons. The predicted octanol–water partition coefficient (Wildman–Crippen LogP) is 2.29. The first-order valence-electron chi connectivity index (χ1n) is 4.98. The summed E-state index contributed by atoms with van der Waals surface area (Å²) in [6.45, 7) is 4.03. The molecular weight excluding hydrogens is 184 g/mol. The van der Waals surface area contributed by atoms with Gasteiger partial charge < -0.3 is 0 Å². The molecule has 0 aliphatic rings. The molecule has 0 saturated heterocycles. The number of Topliss-reactive ketones (excluding diaryl/α,β-unsaturated/α-hetero) is 1. The molecule has 0 heterocycles. The van der Waals surface area contributed by atoms with Gasteiger partial charge in [-0.15, -0.1) is 0 Å². The number of carbonyl (C=O) groups excluding carboxylic acids is 1. The third-order valence-corrected chi connectivity index (χ3v) is 3.55. The topological polar surface area (TPSA) is 34.1 Å². The van der Waals surface area contributed by atoms with Crippen molar-refractivity contribution in [3.63, 3.8) is 0 Å². The molecule has 0 amide bonds. The quantitative estimate of drug-likeness (QED) is 0.596. The highest BCUT2D eigenvalue weighted by Gasteiger charge is 2.18. The molecule has 0 bridgehead atoms. The van der Waals surface area contributed by atoms with E-state index in [1.807, 2.05) is 6.92 Å². The summed E-state index contributed by atoms with van der Waals surface area (Å²) in [5.74, 6) is 0.178.